The molecule has 11 nitrogen and oxygen atoms in total. The van der Waals surface area contributed by atoms with E-state index >= 15 is 0 Å². The Morgan fingerprint density at radius 3 is 1.05 bits per heavy atom. The van der Waals surface area contributed by atoms with Gasteiger partial charge >= 0.3 is 19.8 Å². The Labute approximate surface area is 386 Å². The number of ether oxygens (including phenoxy) is 1. The lowest BCUT2D eigenvalue weighted by atomic mass is 10.0. The minimum Gasteiger partial charge on any atom is -0.480 e. The van der Waals surface area contributed by atoms with Gasteiger partial charge in [-0.05, 0) is 12.8 Å². The summed E-state index contributed by atoms with van der Waals surface area (Å²) in [5.74, 6) is -2.34. The fourth-order valence-corrected chi connectivity index (χ4v) is 8.80. The van der Waals surface area contributed by atoms with Gasteiger partial charge in [-0.25, -0.2) is 9.36 Å². The largest absolute Gasteiger partial charge is 0.480 e. The van der Waals surface area contributed by atoms with Crippen LogP contribution in [-0.2, 0) is 32.7 Å². The molecule has 0 aromatic rings. The number of carbonyl (C=O) groups excluding carboxylic acids is 2. The van der Waals surface area contributed by atoms with Crippen LogP contribution >= 0.6 is 7.82 Å². The average Bonchev–Trinajstić information content (AvgIpc) is 3.26. The number of unbranched alkanes of at least 4 members (excludes halogenated alkanes) is 37. The van der Waals surface area contributed by atoms with Crippen LogP contribution in [0, 0.1) is 0 Å². The van der Waals surface area contributed by atoms with Gasteiger partial charge in [0.15, 0.2) is 6.04 Å². The molecule has 4 N–H and O–H groups in total. The standard InChI is InChI=1S/C51H100NO10P/c1-3-5-7-9-11-13-15-17-19-21-22-23-24-25-27-29-31-33-35-37-39-41-43-50(55)60-44-47(53)45-61-63(58,59)62-46-48(51(56)57)52-49(54)42-40-38-36-34-32-30-28-26-20-18-16-14-12-10-8-6-4-2/h47-48,53H,3-46H2,1-2H3,(H,52,54)(H,56,57)(H,58,59). The van der Waals surface area contributed by atoms with Crippen LogP contribution in [0.4, 0.5) is 0 Å². The van der Waals surface area contributed by atoms with E-state index in [1.807, 2.05) is 0 Å². The van der Waals surface area contributed by atoms with Crippen molar-refractivity contribution in [3.63, 3.8) is 0 Å². The maximum Gasteiger partial charge on any atom is 0.472 e. The number of phosphoric ester groups is 1. The van der Waals surface area contributed by atoms with Gasteiger partial charge in [0, 0.05) is 12.8 Å². The third kappa shape index (κ3) is 46.8. The topological polar surface area (TPSA) is 169 Å². The number of rotatable bonds is 51. The normalized spacial score (nSPS) is 13.5. The summed E-state index contributed by atoms with van der Waals surface area (Å²) in [7, 11) is -4.75. The summed E-state index contributed by atoms with van der Waals surface area (Å²) in [6.07, 6.45) is 48.4. The van der Waals surface area contributed by atoms with E-state index in [-0.39, 0.29) is 12.8 Å². The molecule has 0 heterocycles. The van der Waals surface area contributed by atoms with E-state index in [9.17, 15) is 34.1 Å². The van der Waals surface area contributed by atoms with Gasteiger partial charge in [-0.15, -0.1) is 0 Å². The van der Waals surface area contributed by atoms with Crippen molar-refractivity contribution in [1.82, 2.24) is 5.32 Å². The summed E-state index contributed by atoms with van der Waals surface area (Å²) < 4.78 is 27.0. The van der Waals surface area contributed by atoms with E-state index in [1.165, 1.54) is 199 Å². The highest BCUT2D eigenvalue weighted by Gasteiger charge is 2.28. The Kier molecular flexibility index (Phi) is 45.9. The predicted molar refractivity (Wildman–Crippen MR) is 259 cm³/mol. The molecule has 0 saturated carbocycles. The van der Waals surface area contributed by atoms with Crippen molar-refractivity contribution in [2.24, 2.45) is 0 Å². The summed E-state index contributed by atoms with van der Waals surface area (Å²) >= 11 is 0. The van der Waals surface area contributed by atoms with Crippen molar-refractivity contribution in [2.75, 3.05) is 19.8 Å². The smallest absolute Gasteiger partial charge is 0.472 e. The molecular formula is C51H100NO10P. The molecule has 63 heavy (non-hydrogen) atoms. The monoisotopic (exact) mass is 918 g/mol. The molecule has 0 aromatic carbocycles. The van der Waals surface area contributed by atoms with E-state index in [0.717, 1.165) is 38.5 Å². The summed E-state index contributed by atoms with van der Waals surface area (Å²) in [6, 6.07) is -1.54. The second-order valence-electron chi connectivity index (χ2n) is 18.4. The van der Waals surface area contributed by atoms with Crippen LogP contribution < -0.4 is 5.32 Å². The van der Waals surface area contributed by atoms with E-state index < -0.39 is 57.6 Å². The van der Waals surface area contributed by atoms with Gasteiger partial charge in [0.25, 0.3) is 0 Å². The van der Waals surface area contributed by atoms with Gasteiger partial charge in [-0.2, -0.15) is 0 Å². The first-order valence-electron chi connectivity index (χ1n) is 26.6. The van der Waals surface area contributed by atoms with Gasteiger partial charge in [-0.1, -0.05) is 251 Å². The molecular weight excluding hydrogens is 818 g/mol. The van der Waals surface area contributed by atoms with Gasteiger partial charge in [0.2, 0.25) is 5.91 Å². The first kappa shape index (κ1) is 61.5. The van der Waals surface area contributed by atoms with Crippen LogP contribution in [-0.4, -0.2) is 64.9 Å². The molecule has 0 spiro atoms. The fourth-order valence-electron chi connectivity index (χ4n) is 8.03. The lowest BCUT2D eigenvalue weighted by Gasteiger charge is -2.18. The van der Waals surface area contributed by atoms with Crippen molar-refractivity contribution in [1.29, 1.82) is 0 Å². The second-order valence-corrected chi connectivity index (χ2v) is 19.9. The van der Waals surface area contributed by atoms with Gasteiger partial charge in [0.1, 0.15) is 12.7 Å². The van der Waals surface area contributed by atoms with Crippen molar-refractivity contribution < 1.29 is 47.8 Å². The Bertz CT molecular complexity index is 1080. The third-order valence-corrected chi connectivity index (χ3v) is 13.1. The Morgan fingerprint density at radius 1 is 0.444 bits per heavy atom. The summed E-state index contributed by atoms with van der Waals surface area (Å²) in [5.41, 5.74) is 0. The first-order valence-corrected chi connectivity index (χ1v) is 28.1. The summed E-state index contributed by atoms with van der Waals surface area (Å²) in [4.78, 5) is 46.1. The molecule has 12 heteroatoms. The Hall–Kier alpha value is -1.52. The zero-order chi connectivity index (χ0) is 46.3. The highest BCUT2D eigenvalue weighted by molar-refractivity contribution is 7.47. The molecule has 374 valence electrons. The number of hydrogen-bond donors (Lipinski definition) is 4. The number of esters is 1. The number of carbonyl (C=O) groups is 3. The number of amides is 1. The SMILES string of the molecule is CCCCCCCCCCCCCCCCCCCCCCCCC(=O)OCC(O)COP(=O)(O)OCC(NC(=O)CCCCCCCCCCCCCCCCCCC)C(=O)O. The lowest BCUT2D eigenvalue weighted by molar-refractivity contribution is -0.147. The second kappa shape index (κ2) is 47.0. The van der Waals surface area contributed by atoms with E-state index in [0.29, 0.717) is 12.8 Å². The zero-order valence-electron chi connectivity index (χ0n) is 40.9. The minimum absolute atomic E-state index is 0.153. The number of nitrogens with one attached hydrogen (secondary N) is 1. The van der Waals surface area contributed by atoms with Crippen molar-refractivity contribution >= 4 is 25.7 Å². The highest BCUT2D eigenvalue weighted by Crippen LogP contribution is 2.43. The van der Waals surface area contributed by atoms with Crippen LogP contribution in [0.15, 0.2) is 0 Å². The molecule has 0 rings (SSSR count). The number of aliphatic carboxylic acids is 1. The van der Waals surface area contributed by atoms with Gasteiger partial charge in [-0.3, -0.25) is 18.6 Å². The number of hydrogen-bond acceptors (Lipinski definition) is 8. The summed E-state index contributed by atoms with van der Waals surface area (Å²) in [5, 5.41) is 21.9. The van der Waals surface area contributed by atoms with Gasteiger partial charge < -0.3 is 25.2 Å². The average molecular weight is 918 g/mol. The van der Waals surface area contributed by atoms with Crippen LogP contribution in [0.2, 0.25) is 0 Å². The molecule has 0 saturated heterocycles. The molecule has 0 radical (unpaired) electrons. The molecule has 0 aliphatic rings. The highest BCUT2D eigenvalue weighted by atomic mass is 31.2. The quantitative estimate of drug-likeness (QED) is 0.0262. The maximum atomic E-state index is 12.4. The molecule has 1 amide bonds. The summed E-state index contributed by atoms with van der Waals surface area (Å²) in [6.45, 7) is 2.66. The van der Waals surface area contributed by atoms with E-state index in [4.69, 9.17) is 13.8 Å². The predicted octanol–water partition coefficient (Wildman–Crippen LogP) is 14.6. The molecule has 0 aliphatic carbocycles. The Morgan fingerprint density at radius 2 is 0.730 bits per heavy atom. The van der Waals surface area contributed by atoms with Crippen molar-refractivity contribution in [3.8, 4) is 0 Å². The molecule has 0 aliphatic heterocycles. The first-order chi connectivity index (χ1) is 30.6. The molecule has 3 atom stereocenters. The number of phosphoric acid groups is 1. The van der Waals surface area contributed by atoms with E-state index in [2.05, 4.69) is 19.2 Å². The van der Waals surface area contributed by atoms with E-state index in [1.54, 1.807) is 0 Å². The molecule has 0 bridgehead atoms. The van der Waals surface area contributed by atoms with Crippen LogP contribution in [0.1, 0.15) is 277 Å². The van der Waals surface area contributed by atoms with Crippen molar-refractivity contribution in [2.45, 2.75) is 289 Å². The fraction of sp³-hybridized carbons (Fsp3) is 0.941. The number of aliphatic hydroxyl groups excluding tert-OH is 1. The Balaban J connectivity index is 3.75. The third-order valence-electron chi connectivity index (χ3n) is 12.1. The number of aliphatic hydroxyl groups is 1. The molecule has 3 unspecified atom stereocenters. The minimum atomic E-state index is -4.75. The molecule has 0 aromatic heterocycles. The number of carboxylic acids is 1. The van der Waals surface area contributed by atoms with Crippen LogP contribution in [0.5, 0.6) is 0 Å². The van der Waals surface area contributed by atoms with Crippen molar-refractivity contribution in [3.05, 3.63) is 0 Å². The lowest BCUT2D eigenvalue weighted by Crippen LogP contribution is -2.43. The maximum absolute atomic E-state index is 12.4. The van der Waals surface area contributed by atoms with Crippen LogP contribution in [0.3, 0.4) is 0 Å². The van der Waals surface area contributed by atoms with Gasteiger partial charge in [0.05, 0.1) is 13.2 Å². The molecule has 0 fully saturated rings. The zero-order valence-corrected chi connectivity index (χ0v) is 41.8. The number of carboxylic acid groups (broad SMARTS) is 1. The van der Waals surface area contributed by atoms with Crippen LogP contribution in [0.25, 0.3) is 0 Å².